The number of imide groups is 1. The van der Waals surface area contributed by atoms with E-state index in [-0.39, 0.29) is 6.61 Å². The summed E-state index contributed by atoms with van der Waals surface area (Å²) in [6.07, 6.45) is -0.812. The van der Waals surface area contributed by atoms with E-state index in [2.05, 4.69) is 4.74 Å². The summed E-state index contributed by atoms with van der Waals surface area (Å²) in [4.78, 5) is 21.9. The van der Waals surface area contributed by atoms with E-state index in [0.29, 0.717) is 11.4 Å². The molecule has 17 heavy (non-hydrogen) atoms. The number of ether oxygens (including phenoxy) is 2. The molecule has 0 radical (unpaired) electrons. The van der Waals surface area contributed by atoms with E-state index < -0.39 is 12.0 Å². The Bertz CT molecular complexity index is 431. The van der Waals surface area contributed by atoms with E-state index in [1.165, 1.54) is 7.11 Å². The lowest BCUT2D eigenvalue weighted by molar-refractivity contribution is -0.122. The van der Waals surface area contributed by atoms with Crippen LogP contribution in [0.4, 0.5) is 10.5 Å². The molecule has 1 aromatic rings. The molecule has 0 saturated carbocycles. The van der Waals surface area contributed by atoms with Crippen LogP contribution in [0, 0.1) is 6.92 Å². The highest BCUT2D eigenvalue weighted by Gasteiger charge is 2.08. The Kier molecular flexibility index (Phi) is 4.33. The molecule has 6 nitrogen and oxygen atoms in total. The molecule has 1 rings (SSSR count). The number of methoxy groups -OCH3 is 1. The number of benzene rings is 1. The first-order valence-corrected chi connectivity index (χ1v) is 4.89. The van der Waals surface area contributed by atoms with Crippen molar-refractivity contribution >= 4 is 17.7 Å². The Balaban J connectivity index is 2.50. The van der Waals surface area contributed by atoms with Crippen molar-refractivity contribution in [3.05, 3.63) is 23.8 Å². The molecule has 92 valence electrons. The van der Waals surface area contributed by atoms with Crippen LogP contribution in [0.5, 0.6) is 5.75 Å². The van der Waals surface area contributed by atoms with Crippen molar-refractivity contribution in [2.75, 3.05) is 19.5 Å². The number of hydrogen-bond donors (Lipinski definition) is 2. The summed E-state index contributed by atoms with van der Waals surface area (Å²) in [7, 11) is 1.17. The average Bonchev–Trinajstić information content (AvgIpc) is 2.27. The van der Waals surface area contributed by atoms with Crippen LogP contribution in [-0.4, -0.2) is 25.7 Å². The minimum Gasteiger partial charge on any atom is -0.483 e. The van der Waals surface area contributed by atoms with E-state index in [9.17, 15) is 9.59 Å². The van der Waals surface area contributed by atoms with Gasteiger partial charge in [-0.05, 0) is 30.7 Å². The van der Waals surface area contributed by atoms with Gasteiger partial charge in [-0.3, -0.25) is 10.1 Å². The maximum absolute atomic E-state index is 11.2. The molecule has 1 aromatic carbocycles. The summed E-state index contributed by atoms with van der Waals surface area (Å²) in [5, 5.41) is 1.98. The van der Waals surface area contributed by atoms with Crippen LogP contribution in [0.25, 0.3) is 0 Å². The number of carbonyl (C=O) groups excluding carboxylic acids is 2. The van der Waals surface area contributed by atoms with Crippen LogP contribution < -0.4 is 15.8 Å². The minimum absolute atomic E-state index is 0.264. The summed E-state index contributed by atoms with van der Waals surface area (Å²) in [5.41, 5.74) is 7.01. The van der Waals surface area contributed by atoms with Crippen LogP contribution in [0.1, 0.15) is 5.56 Å². The predicted octanol–water partition coefficient (Wildman–Crippen LogP) is 0.839. The van der Waals surface area contributed by atoms with Crippen molar-refractivity contribution in [1.82, 2.24) is 5.32 Å². The Hall–Kier alpha value is -2.24. The Morgan fingerprint density at radius 2 is 2.12 bits per heavy atom. The number of nitrogen functional groups attached to an aromatic ring is 1. The van der Waals surface area contributed by atoms with Gasteiger partial charge >= 0.3 is 6.09 Å². The fourth-order valence-corrected chi connectivity index (χ4v) is 1.18. The smallest absolute Gasteiger partial charge is 0.413 e. The number of nitrogens with two attached hydrogens (primary N) is 1. The molecule has 0 spiro atoms. The van der Waals surface area contributed by atoms with Gasteiger partial charge in [-0.15, -0.1) is 0 Å². The second kappa shape index (κ2) is 5.74. The zero-order chi connectivity index (χ0) is 12.8. The molecule has 0 heterocycles. The van der Waals surface area contributed by atoms with E-state index in [4.69, 9.17) is 10.5 Å². The fourth-order valence-electron chi connectivity index (χ4n) is 1.18. The quantitative estimate of drug-likeness (QED) is 0.761. The number of carbonyl (C=O) groups is 2. The maximum Gasteiger partial charge on any atom is 0.413 e. The molecule has 0 saturated heterocycles. The lowest BCUT2D eigenvalue weighted by Crippen LogP contribution is -2.34. The van der Waals surface area contributed by atoms with Gasteiger partial charge in [0.25, 0.3) is 5.91 Å². The third-order valence-corrected chi connectivity index (χ3v) is 1.98. The summed E-state index contributed by atoms with van der Waals surface area (Å²) in [6, 6.07) is 5.06. The monoisotopic (exact) mass is 238 g/mol. The summed E-state index contributed by atoms with van der Waals surface area (Å²) in [6.45, 7) is 1.55. The first-order valence-electron chi connectivity index (χ1n) is 4.89. The zero-order valence-corrected chi connectivity index (χ0v) is 9.65. The first-order chi connectivity index (χ1) is 8.02. The summed E-state index contributed by atoms with van der Waals surface area (Å²) in [5.74, 6) is -0.0349. The van der Waals surface area contributed by atoms with Crippen LogP contribution in [0.3, 0.4) is 0 Å². The average molecular weight is 238 g/mol. The molecule has 0 aliphatic carbocycles. The van der Waals surface area contributed by atoms with Gasteiger partial charge in [0.05, 0.1) is 7.11 Å². The molecule has 0 aliphatic heterocycles. The van der Waals surface area contributed by atoms with Crippen molar-refractivity contribution in [2.24, 2.45) is 0 Å². The molecular formula is C11H14N2O4. The van der Waals surface area contributed by atoms with Gasteiger partial charge < -0.3 is 15.2 Å². The van der Waals surface area contributed by atoms with Crippen LogP contribution >= 0.6 is 0 Å². The molecule has 2 amide bonds. The highest BCUT2D eigenvalue weighted by molar-refractivity contribution is 5.92. The van der Waals surface area contributed by atoms with Crippen molar-refractivity contribution in [3.8, 4) is 5.75 Å². The van der Waals surface area contributed by atoms with Gasteiger partial charge in [-0.25, -0.2) is 4.79 Å². The minimum atomic E-state index is -0.812. The third kappa shape index (κ3) is 4.02. The highest BCUT2D eigenvalue weighted by Crippen LogP contribution is 2.19. The normalized spacial score (nSPS) is 9.53. The zero-order valence-electron chi connectivity index (χ0n) is 9.65. The van der Waals surface area contributed by atoms with Crippen molar-refractivity contribution in [2.45, 2.75) is 6.92 Å². The number of rotatable bonds is 3. The SMILES string of the molecule is COC(=O)NC(=O)COc1ccc(N)cc1C. The predicted molar refractivity (Wildman–Crippen MR) is 61.6 cm³/mol. The molecule has 0 fully saturated rings. The number of nitrogens with one attached hydrogen (secondary N) is 1. The van der Waals surface area contributed by atoms with Crippen LogP contribution in [0.2, 0.25) is 0 Å². The third-order valence-electron chi connectivity index (χ3n) is 1.98. The Morgan fingerprint density at radius 3 is 2.71 bits per heavy atom. The van der Waals surface area contributed by atoms with E-state index in [1.54, 1.807) is 18.2 Å². The molecule has 6 heteroatoms. The van der Waals surface area contributed by atoms with E-state index in [1.807, 2.05) is 12.2 Å². The summed E-state index contributed by atoms with van der Waals surface area (Å²) >= 11 is 0. The van der Waals surface area contributed by atoms with Crippen molar-refractivity contribution in [1.29, 1.82) is 0 Å². The first kappa shape index (κ1) is 12.8. The molecule has 0 atom stereocenters. The lowest BCUT2D eigenvalue weighted by atomic mass is 10.2. The largest absolute Gasteiger partial charge is 0.483 e. The molecule has 0 unspecified atom stereocenters. The molecule has 0 aromatic heterocycles. The second-order valence-corrected chi connectivity index (χ2v) is 3.35. The van der Waals surface area contributed by atoms with Gasteiger partial charge in [-0.2, -0.15) is 0 Å². The second-order valence-electron chi connectivity index (χ2n) is 3.35. The molecule has 0 aliphatic rings. The number of hydrogen-bond acceptors (Lipinski definition) is 5. The maximum atomic E-state index is 11.2. The number of alkyl carbamates (subject to hydrolysis) is 1. The van der Waals surface area contributed by atoms with E-state index in [0.717, 1.165) is 5.56 Å². The number of amides is 2. The van der Waals surface area contributed by atoms with Crippen molar-refractivity contribution < 1.29 is 19.1 Å². The highest BCUT2D eigenvalue weighted by atomic mass is 16.5. The molecular weight excluding hydrogens is 224 g/mol. The summed E-state index contributed by atoms with van der Waals surface area (Å²) < 4.78 is 9.49. The Labute approximate surface area is 98.7 Å². The van der Waals surface area contributed by atoms with Gasteiger partial charge in [0.2, 0.25) is 0 Å². The standard InChI is InChI=1S/C11H14N2O4/c1-7-5-8(12)3-4-9(7)17-6-10(14)13-11(15)16-2/h3-5H,6,12H2,1-2H3,(H,13,14,15). The Morgan fingerprint density at radius 1 is 1.41 bits per heavy atom. The lowest BCUT2D eigenvalue weighted by Gasteiger charge is -2.09. The fraction of sp³-hybridized carbons (Fsp3) is 0.273. The van der Waals surface area contributed by atoms with Gasteiger partial charge in [-0.1, -0.05) is 0 Å². The van der Waals surface area contributed by atoms with Crippen molar-refractivity contribution in [3.63, 3.8) is 0 Å². The van der Waals surface area contributed by atoms with Crippen LogP contribution in [-0.2, 0) is 9.53 Å². The van der Waals surface area contributed by atoms with Gasteiger partial charge in [0, 0.05) is 5.69 Å². The number of anilines is 1. The van der Waals surface area contributed by atoms with E-state index >= 15 is 0 Å². The topological polar surface area (TPSA) is 90.6 Å². The molecule has 0 bridgehead atoms. The molecule has 3 N–H and O–H groups in total. The van der Waals surface area contributed by atoms with Gasteiger partial charge in [0.15, 0.2) is 6.61 Å². The van der Waals surface area contributed by atoms with Gasteiger partial charge in [0.1, 0.15) is 5.75 Å². The van der Waals surface area contributed by atoms with Crippen LogP contribution in [0.15, 0.2) is 18.2 Å². The number of aryl methyl sites for hydroxylation is 1.